The summed E-state index contributed by atoms with van der Waals surface area (Å²) >= 11 is 1.50. The van der Waals surface area contributed by atoms with Crippen LogP contribution in [0.2, 0.25) is 0 Å². The number of thiazole rings is 1. The van der Waals surface area contributed by atoms with E-state index < -0.39 is 29.8 Å². The number of alkyl halides is 3. The van der Waals surface area contributed by atoms with Crippen LogP contribution >= 0.6 is 11.3 Å². The average Bonchev–Trinajstić information content (AvgIpc) is 3.87. The number of likely N-dealkylation sites (tertiary alicyclic amines) is 1. The lowest BCUT2D eigenvalue weighted by atomic mass is 9.90. The maximum atomic E-state index is 14.1. The minimum atomic E-state index is -4.56. The normalized spacial score (nSPS) is 22.4. The minimum Gasteiger partial charge on any atom is -0.389 e. The zero-order valence-corrected chi connectivity index (χ0v) is 27.9. The highest BCUT2D eigenvalue weighted by molar-refractivity contribution is 7.09. The number of rotatable bonds is 9. The van der Waals surface area contributed by atoms with Crippen LogP contribution in [-0.2, 0) is 6.18 Å². The van der Waals surface area contributed by atoms with Crippen molar-refractivity contribution in [3.8, 4) is 11.1 Å². The van der Waals surface area contributed by atoms with Crippen molar-refractivity contribution in [3.63, 3.8) is 0 Å². The van der Waals surface area contributed by atoms with Crippen molar-refractivity contribution in [2.24, 2.45) is 5.92 Å². The molecule has 1 aliphatic carbocycles. The van der Waals surface area contributed by atoms with Crippen molar-refractivity contribution in [2.75, 3.05) is 13.1 Å². The van der Waals surface area contributed by atoms with Gasteiger partial charge in [0.15, 0.2) is 0 Å². The first-order chi connectivity index (χ1) is 23.0. The van der Waals surface area contributed by atoms with Gasteiger partial charge in [-0.1, -0.05) is 42.9 Å². The van der Waals surface area contributed by atoms with Crippen LogP contribution in [0.5, 0.6) is 0 Å². The van der Waals surface area contributed by atoms with E-state index in [1.54, 1.807) is 17.0 Å². The maximum Gasteiger partial charge on any atom is 0.416 e. The van der Waals surface area contributed by atoms with Gasteiger partial charge >= 0.3 is 6.18 Å². The quantitative estimate of drug-likeness (QED) is 0.222. The molecule has 1 aromatic heterocycles. The largest absolute Gasteiger partial charge is 0.416 e. The van der Waals surface area contributed by atoms with Crippen LogP contribution in [0, 0.1) is 12.8 Å². The SMILES string of the molecule is Cc1csc([C@H]2CCCN2C(=O)c2cc(C(=O)N[C@@H](CC3=CCC(C)C=C3)[C@H](O)[C@H]3CCCN3)cc(-c3cccc(C(F)(F)F)c3)c2)n1. The Balaban J connectivity index is 1.35. The molecule has 2 fully saturated rings. The number of aryl methyl sites for hydroxylation is 1. The Kier molecular flexibility index (Phi) is 10.2. The van der Waals surface area contributed by atoms with Gasteiger partial charge in [-0.15, -0.1) is 11.3 Å². The fraction of sp³-hybridized carbons (Fsp3) is 0.432. The number of nitrogens with one attached hydrogen (secondary N) is 2. The van der Waals surface area contributed by atoms with E-state index in [1.807, 2.05) is 18.4 Å². The lowest BCUT2D eigenvalue weighted by Gasteiger charge is -2.30. The van der Waals surface area contributed by atoms with Gasteiger partial charge in [-0.25, -0.2) is 4.98 Å². The molecule has 48 heavy (non-hydrogen) atoms. The van der Waals surface area contributed by atoms with Crippen molar-refractivity contribution in [2.45, 2.75) is 82.8 Å². The van der Waals surface area contributed by atoms with Crippen LogP contribution in [-0.4, -0.2) is 58.1 Å². The van der Waals surface area contributed by atoms with Gasteiger partial charge in [0.2, 0.25) is 0 Å². The van der Waals surface area contributed by atoms with Gasteiger partial charge in [-0.05, 0) is 99.4 Å². The third-order valence-electron chi connectivity index (χ3n) is 9.49. The molecule has 2 saturated heterocycles. The van der Waals surface area contributed by atoms with Gasteiger partial charge in [-0.2, -0.15) is 13.2 Å². The summed E-state index contributed by atoms with van der Waals surface area (Å²) in [5.41, 5.74) is 1.96. The van der Waals surface area contributed by atoms with E-state index in [9.17, 15) is 27.9 Å². The third kappa shape index (κ3) is 7.74. The lowest BCUT2D eigenvalue weighted by Crippen LogP contribution is -2.51. The molecule has 1 unspecified atom stereocenters. The first-order valence-corrected chi connectivity index (χ1v) is 17.5. The van der Waals surface area contributed by atoms with Gasteiger partial charge in [0.1, 0.15) is 5.01 Å². The number of aromatic nitrogens is 1. The predicted molar refractivity (Wildman–Crippen MR) is 181 cm³/mol. The highest BCUT2D eigenvalue weighted by Gasteiger charge is 2.35. The number of hydrogen-bond acceptors (Lipinski definition) is 6. The summed E-state index contributed by atoms with van der Waals surface area (Å²) < 4.78 is 41.1. The topological polar surface area (TPSA) is 94.6 Å². The first-order valence-electron chi connectivity index (χ1n) is 16.6. The van der Waals surface area contributed by atoms with E-state index >= 15 is 0 Å². The first kappa shape index (κ1) is 34.1. The second-order valence-corrected chi connectivity index (χ2v) is 14.1. The Morgan fingerprint density at radius 3 is 2.62 bits per heavy atom. The Bertz CT molecular complexity index is 1710. The molecule has 0 radical (unpaired) electrons. The number of aliphatic hydroxyl groups is 1. The summed E-state index contributed by atoms with van der Waals surface area (Å²) in [5, 5.41) is 20.6. The molecule has 7 nitrogen and oxygen atoms in total. The molecule has 0 saturated carbocycles. The number of benzene rings is 2. The van der Waals surface area contributed by atoms with E-state index in [0.717, 1.165) is 67.1 Å². The van der Waals surface area contributed by atoms with Gasteiger partial charge in [-0.3, -0.25) is 9.59 Å². The van der Waals surface area contributed by atoms with Crippen molar-refractivity contribution < 1.29 is 27.9 Å². The number of carbonyl (C=O) groups is 2. The van der Waals surface area contributed by atoms with Crippen molar-refractivity contribution in [1.29, 1.82) is 0 Å². The zero-order chi connectivity index (χ0) is 34.0. The summed E-state index contributed by atoms with van der Waals surface area (Å²) in [7, 11) is 0. The standard InChI is InChI=1S/C37H41F3N4O3S/c1-22-10-12-24(13-11-22)16-31(33(45)30-8-4-14-41-30)43-34(46)27-17-26(25-6-3-7-29(20-25)37(38,39)40)18-28(19-27)36(47)44-15-5-9-32(44)35-42-23(2)21-48-35/h3,6-7,10,12-13,17-22,30-33,41,45H,4-5,8-9,11,14-16H2,1-2H3,(H,43,46)/t22?,30-,31+,32-,33-/m1/s1. The number of halogens is 3. The second-order valence-electron chi connectivity index (χ2n) is 13.2. The molecule has 3 N–H and O–H groups in total. The predicted octanol–water partition coefficient (Wildman–Crippen LogP) is 7.24. The van der Waals surface area contributed by atoms with E-state index in [1.165, 1.54) is 29.5 Å². The summed E-state index contributed by atoms with van der Waals surface area (Å²) in [5.74, 6) is -0.415. The second kappa shape index (κ2) is 14.4. The third-order valence-corrected chi connectivity index (χ3v) is 10.6. The highest BCUT2D eigenvalue weighted by atomic mass is 32.1. The molecule has 0 spiro atoms. The number of nitrogens with zero attached hydrogens (tertiary/aromatic N) is 2. The molecule has 3 aromatic rings. The maximum absolute atomic E-state index is 14.1. The summed E-state index contributed by atoms with van der Waals surface area (Å²) in [4.78, 5) is 34.6. The zero-order valence-electron chi connectivity index (χ0n) is 27.1. The number of hydrogen-bond donors (Lipinski definition) is 3. The molecule has 254 valence electrons. The Morgan fingerprint density at radius 1 is 1.12 bits per heavy atom. The van der Waals surface area contributed by atoms with E-state index in [4.69, 9.17) is 0 Å². The molecular weight excluding hydrogens is 637 g/mol. The fourth-order valence-corrected chi connectivity index (χ4v) is 7.79. The molecular formula is C37H41F3N4O3S. The van der Waals surface area contributed by atoms with Crippen LogP contribution in [0.3, 0.4) is 0 Å². The molecule has 0 bridgehead atoms. The monoisotopic (exact) mass is 678 g/mol. The smallest absolute Gasteiger partial charge is 0.389 e. The van der Waals surface area contributed by atoms with Crippen LogP contribution in [0.1, 0.15) is 88.5 Å². The number of amides is 2. The Hall–Kier alpha value is -3.80. The number of allylic oxidation sites excluding steroid dienone is 3. The highest BCUT2D eigenvalue weighted by Crippen LogP contribution is 2.37. The van der Waals surface area contributed by atoms with E-state index in [2.05, 4.69) is 34.7 Å². The molecule has 11 heteroatoms. The molecule has 2 amide bonds. The molecule has 2 aliphatic heterocycles. The summed E-state index contributed by atoms with van der Waals surface area (Å²) in [6.45, 7) is 5.31. The van der Waals surface area contributed by atoms with E-state index in [-0.39, 0.29) is 34.7 Å². The van der Waals surface area contributed by atoms with E-state index in [0.29, 0.717) is 24.4 Å². The molecule has 2 aromatic carbocycles. The summed E-state index contributed by atoms with van der Waals surface area (Å²) in [6, 6.07) is 8.44. The Labute approximate surface area is 283 Å². The van der Waals surface area contributed by atoms with Gasteiger partial charge in [0.05, 0.1) is 23.8 Å². The van der Waals surface area contributed by atoms with Crippen molar-refractivity contribution in [3.05, 3.63) is 99.0 Å². The van der Waals surface area contributed by atoms with Crippen LogP contribution in [0.15, 0.2) is 71.6 Å². The Morgan fingerprint density at radius 2 is 1.94 bits per heavy atom. The summed E-state index contributed by atoms with van der Waals surface area (Å²) in [6.07, 6.45) is 5.35. The number of aliphatic hydroxyl groups excluding tert-OH is 1. The van der Waals surface area contributed by atoms with Crippen LogP contribution in [0.4, 0.5) is 13.2 Å². The van der Waals surface area contributed by atoms with Gasteiger partial charge in [0.25, 0.3) is 11.8 Å². The van der Waals surface area contributed by atoms with Crippen molar-refractivity contribution >= 4 is 23.2 Å². The lowest BCUT2D eigenvalue weighted by molar-refractivity contribution is -0.137. The van der Waals surface area contributed by atoms with Crippen LogP contribution in [0.25, 0.3) is 11.1 Å². The average molecular weight is 679 g/mol. The fourth-order valence-electron chi connectivity index (χ4n) is 6.85. The van der Waals surface area contributed by atoms with Gasteiger partial charge in [0, 0.05) is 34.8 Å². The molecule has 3 heterocycles. The van der Waals surface area contributed by atoms with Gasteiger partial charge < -0.3 is 20.6 Å². The number of carbonyl (C=O) groups excluding carboxylic acids is 2. The van der Waals surface area contributed by atoms with Crippen molar-refractivity contribution in [1.82, 2.24) is 20.5 Å². The molecule has 3 aliphatic rings. The molecule has 5 atom stereocenters. The minimum absolute atomic E-state index is 0.132. The molecule has 6 rings (SSSR count). The van der Waals surface area contributed by atoms with Crippen LogP contribution < -0.4 is 10.6 Å².